The third kappa shape index (κ3) is 22.6. The van der Waals surface area contributed by atoms with Crippen molar-refractivity contribution in [2.24, 2.45) is 0 Å². The summed E-state index contributed by atoms with van der Waals surface area (Å²) in [6, 6.07) is 87.0. The first kappa shape index (κ1) is 97.4. The van der Waals surface area contributed by atoms with Crippen LogP contribution < -0.4 is 39.5 Å². The van der Waals surface area contributed by atoms with Crippen molar-refractivity contribution in [3.63, 3.8) is 0 Å². The normalized spacial score (nSPS) is 16.7. The van der Waals surface area contributed by atoms with Crippen molar-refractivity contribution in [3.05, 3.63) is 271 Å². The molecule has 2 atom stereocenters. The number of likely N-dealkylation sites (N-methyl/N-ethyl adjacent to an activating group) is 1. The number of nitrogen functional groups attached to an aromatic ring is 1. The highest BCUT2D eigenvalue weighted by molar-refractivity contribution is 6.02. The van der Waals surface area contributed by atoms with Gasteiger partial charge in [-0.3, -0.25) is 9.69 Å². The first-order valence-electron chi connectivity index (χ1n) is 49.8. The molecule has 14 heterocycles. The first-order chi connectivity index (χ1) is 71.6. The van der Waals surface area contributed by atoms with Gasteiger partial charge >= 0.3 is 0 Å². The summed E-state index contributed by atoms with van der Waals surface area (Å²) in [6.45, 7) is 17.2. The number of benzene rings is 9. The number of rotatable bonds is 22. The molecule has 7 aliphatic heterocycles. The number of morpholine rings is 4. The average Bonchev–Trinajstić information content (AvgIpc) is 1.58. The number of fused-ring (bicyclic) bond motifs is 4. The Hall–Kier alpha value is -16.0. The summed E-state index contributed by atoms with van der Waals surface area (Å²) in [5.74, 6) is 1.54. The van der Waals surface area contributed by atoms with E-state index in [9.17, 15) is 34.6 Å². The highest BCUT2D eigenvalue weighted by Gasteiger charge is 2.32. The van der Waals surface area contributed by atoms with Gasteiger partial charge in [0.1, 0.15) is 70.9 Å². The summed E-state index contributed by atoms with van der Waals surface area (Å²) in [6.07, 6.45) is 5.70. The molecule has 0 saturated carbocycles. The Kier molecular flexibility index (Phi) is 30.2. The molecule has 740 valence electrons. The molecule has 0 spiro atoms. The molecule has 0 radical (unpaired) electrons. The molecule has 7 fully saturated rings. The lowest BCUT2D eigenvalue weighted by Crippen LogP contribution is -2.37. The van der Waals surface area contributed by atoms with E-state index < -0.39 is 6.43 Å². The molecule has 0 bridgehead atoms. The summed E-state index contributed by atoms with van der Waals surface area (Å²) >= 11 is 0. The predicted octanol–water partition coefficient (Wildman–Crippen LogP) is 19.4. The predicted molar refractivity (Wildman–Crippen MR) is 566 cm³/mol. The summed E-state index contributed by atoms with van der Waals surface area (Å²) in [5, 5.41) is 43.1. The van der Waals surface area contributed by atoms with Crippen molar-refractivity contribution in [2.45, 2.75) is 50.4 Å². The molecule has 6 N–H and O–H groups in total. The van der Waals surface area contributed by atoms with Crippen LogP contribution in [0.15, 0.2) is 249 Å². The van der Waals surface area contributed by atoms with Crippen LogP contribution in [0.5, 0.6) is 17.4 Å². The smallest absolute Gasteiger partial charge is 0.251 e. The van der Waals surface area contributed by atoms with Gasteiger partial charge in [-0.25, -0.2) is 23.7 Å². The van der Waals surface area contributed by atoms with Crippen LogP contribution in [-0.2, 0) is 28.5 Å². The van der Waals surface area contributed by atoms with E-state index in [4.69, 9.17) is 43.6 Å². The fourth-order valence-corrected chi connectivity index (χ4v) is 20.0. The number of H-pyrrole nitrogens is 4. The fourth-order valence-electron chi connectivity index (χ4n) is 20.0. The molecule has 146 heavy (non-hydrogen) atoms. The monoisotopic (exact) mass is 1950 g/mol. The molecule has 0 aliphatic carbocycles. The number of amides is 1. The minimum Gasteiger partial charge on any atom is -0.488 e. The van der Waals surface area contributed by atoms with Crippen LogP contribution in [0.3, 0.4) is 0 Å². The maximum absolute atomic E-state index is 12.7. The number of carbonyl (C=O) groups excluding carboxylic acids is 1. The largest absolute Gasteiger partial charge is 0.488 e. The number of halogens is 2. The number of nitrogens with zero attached hydrogens (tertiary/aromatic N) is 14. The summed E-state index contributed by atoms with van der Waals surface area (Å²) < 4.78 is 71.0. The molecular weight excluding hydrogens is 1840 g/mol. The molecule has 1 amide bonds. The number of hydrogen-bond donors (Lipinski definition) is 5. The van der Waals surface area contributed by atoms with Crippen molar-refractivity contribution in [1.29, 1.82) is 21.0 Å². The Morgan fingerprint density at radius 2 is 0.774 bits per heavy atom. The van der Waals surface area contributed by atoms with Gasteiger partial charge in [0.25, 0.3) is 6.43 Å². The van der Waals surface area contributed by atoms with Gasteiger partial charge in [-0.2, -0.15) is 21.0 Å². The van der Waals surface area contributed by atoms with Crippen LogP contribution in [0.1, 0.15) is 47.9 Å². The van der Waals surface area contributed by atoms with Gasteiger partial charge in [-0.1, -0.05) is 91.0 Å². The lowest BCUT2D eigenvalue weighted by atomic mass is 9.99. The van der Waals surface area contributed by atoms with E-state index in [1.165, 1.54) is 22.7 Å². The van der Waals surface area contributed by atoms with Crippen molar-refractivity contribution in [1.82, 2.24) is 49.6 Å². The van der Waals surface area contributed by atoms with E-state index >= 15 is 0 Å². The van der Waals surface area contributed by atoms with Crippen LogP contribution >= 0.6 is 0 Å². The summed E-state index contributed by atoms with van der Waals surface area (Å²) in [4.78, 5) is 54.8. The van der Waals surface area contributed by atoms with Crippen molar-refractivity contribution in [3.8, 4) is 131 Å². The van der Waals surface area contributed by atoms with Gasteiger partial charge in [-0.05, 0) is 221 Å². The topological polar surface area (TPSA) is 337 Å². The quantitative estimate of drug-likeness (QED) is 0.0394. The highest BCUT2D eigenvalue weighted by Crippen LogP contribution is 2.42. The summed E-state index contributed by atoms with van der Waals surface area (Å²) in [7, 11) is 3.78. The van der Waals surface area contributed by atoms with Gasteiger partial charge in [0.05, 0.1) is 102 Å². The molecule has 30 heteroatoms. The van der Waals surface area contributed by atoms with E-state index in [1.54, 1.807) is 29.6 Å². The van der Waals surface area contributed by atoms with Crippen LogP contribution in [0, 0.1) is 45.3 Å². The number of ether oxygens (including phenoxy) is 8. The zero-order valence-electron chi connectivity index (χ0n) is 81.5. The van der Waals surface area contributed by atoms with Crippen LogP contribution in [0.25, 0.3) is 133 Å². The molecular formula is C116H113F2N19O9. The molecule has 7 aromatic heterocycles. The molecule has 16 aromatic rings. The van der Waals surface area contributed by atoms with Crippen LogP contribution in [-0.4, -0.2) is 252 Å². The lowest BCUT2D eigenvalue weighted by Gasteiger charge is -2.28. The molecule has 7 saturated heterocycles. The van der Waals surface area contributed by atoms with Crippen molar-refractivity contribution >= 4 is 78.2 Å². The lowest BCUT2D eigenvalue weighted by molar-refractivity contribution is -0.131. The second-order valence-corrected chi connectivity index (χ2v) is 37.6. The number of pyridine rings is 3. The number of carbonyl (C=O) groups is 1. The number of aromatic nitrogens is 7. The Labute approximate surface area is 845 Å². The van der Waals surface area contributed by atoms with Gasteiger partial charge in [-0.15, -0.1) is 0 Å². The molecule has 7 aliphatic rings. The number of nitrogens with two attached hydrogens (primary N) is 1. The molecule has 28 nitrogen and oxygen atoms in total. The summed E-state index contributed by atoms with van der Waals surface area (Å²) in [5.41, 5.74) is 32.9. The zero-order valence-corrected chi connectivity index (χ0v) is 81.5. The van der Waals surface area contributed by atoms with E-state index in [-0.39, 0.29) is 30.8 Å². The second-order valence-electron chi connectivity index (χ2n) is 37.6. The Morgan fingerprint density at radius 3 is 1.21 bits per heavy atom. The second kappa shape index (κ2) is 45.3. The zero-order chi connectivity index (χ0) is 99.9. The van der Waals surface area contributed by atoms with Gasteiger partial charge < -0.3 is 93.0 Å². The maximum atomic E-state index is 12.7. The van der Waals surface area contributed by atoms with Gasteiger partial charge in [0.2, 0.25) is 11.8 Å². The third-order valence-electron chi connectivity index (χ3n) is 27.8. The first-order valence-corrected chi connectivity index (χ1v) is 49.8. The van der Waals surface area contributed by atoms with E-state index in [2.05, 4.69) is 224 Å². The fraction of sp³-hybridized carbons (Fsp3) is 0.293. The number of anilines is 5. The number of nitrogens with one attached hydrogen (secondary N) is 4. The third-order valence-corrected chi connectivity index (χ3v) is 27.8. The number of likely N-dealkylation sites (tertiary alicyclic amines) is 2. The maximum Gasteiger partial charge on any atom is 0.251 e. The van der Waals surface area contributed by atoms with Gasteiger partial charge in [0, 0.05) is 199 Å². The van der Waals surface area contributed by atoms with Crippen molar-refractivity contribution < 1.29 is 51.5 Å². The Bertz CT molecular complexity index is 7480. The van der Waals surface area contributed by atoms with E-state index in [1.807, 2.05) is 103 Å². The highest BCUT2D eigenvalue weighted by atomic mass is 19.3. The standard InChI is InChI=1S/C33H35N5O3.C31H30F2N4O2.C28H27N5O3.C24H21N5O/c1-36(2)22-33(39)38-13-12-27(21-38)41-32-11-8-24(18-25(32)20-34)28-4-3-5-30-29(28)19-31(35-30)23-6-9-26(10-7-23)37-14-16-40-17-15-37;32-31(33)20-36-11-10-25(19-36)39-30-9-6-22(16-23(30)18-34)26-2-1-3-28-27(26)17-29(35-28)21-4-7-24(8-5-21)37-12-14-38-15-13-37;29-17-20-15-21(18-31-28(20)36-23-6-11-34-12-7-23)24-5-8-30-27-25(24)16-26(32-27)19-1-3-22(4-2-19)33-9-13-35-14-10-33;25-15-18-13-17(3-6-22(18)26)20-7-8-27-24-21(20)14-23(28-24)16-1-4-19(5-2-16)29-9-11-30-12-10-29/h3-11,18-19,27,35H,12-17,21-22H2,1-2H3;1-9,16-17,25,31,35H,10-15,19-20H2;1-5,8,15-16,18,23H,6-7,9-14H2,(H,30,32);1-8,13-14H,9-12,26H2,(H,27,28)/t27-;25-;;/m11../s1. The van der Waals surface area contributed by atoms with Gasteiger partial charge in [0.15, 0.2) is 0 Å². The molecule has 9 aromatic carbocycles. The minimum atomic E-state index is -2.36. The molecule has 23 rings (SSSR count). The molecule has 0 unspecified atom stereocenters. The Balaban J connectivity index is 0.000000119. The number of nitriles is 4. The SMILES string of the molecule is CN(C)CC(=O)N1CC[C@@H](Oc2ccc(-c3cccc4[nH]c(-c5ccc(N6CCOCC6)cc5)cc34)cc2C#N)C1.N#Cc1cc(-c2cccc3[nH]c(-c4ccc(N5CCOCC5)cc4)cc23)ccc1O[C@@H]1CCN(CC(F)F)C1.N#Cc1cc(-c2ccnc3[nH]c(-c4ccc(N5CCOCC5)cc4)cc23)ccc1N.N#Cc1cc(-c2ccnc3[nH]c(-c4ccc(N5CCOCC5)cc4)cc23)cnc1OC1CCOCC1. The Morgan fingerprint density at radius 1 is 0.397 bits per heavy atom. The van der Waals surface area contributed by atoms with E-state index in [0.29, 0.717) is 97.7 Å². The average molecular weight is 1960 g/mol. The number of aromatic amines is 4. The van der Waals surface area contributed by atoms with Crippen molar-refractivity contribution in [2.75, 3.05) is 197 Å². The van der Waals surface area contributed by atoms with Crippen LogP contribution in [0.4, 0.5) is 37.2 Å². The number of hydrogen-bond acceptors (Lipinski definition) is 23. The number of alkyl halides is 2. The van der Waals surface area contributed by atoms with Crippen LogP contribution in [0.2, 0.25) is 0 Å². The minimum absolute atomic E-state index is 0.0266. The van der Waals surface area contributed by atoms with E-state index in [0.717, 1.165) is 258 Å².